The molecule has 0 aromatic heterocycles. The van der Waals surface area contributed by atoms with Crippen molar-refractivity contribution in [2.45, 2.75) is 6.92 Å². The van der Waals surface area contributed by atoms with Gasteiger partial charge in [0.25, 0.3) is 0 Å². The van der Waals surface area contributed by atoms with Crippen LogP contribution in [0, 0.1) is 0 Å². The first-order valence-electron chi connectivity index (χ1n) is 7.26. The highest BCUT2D eigenvalue weighted by atomic mass is 16.7. The smallest absolute Gasteiger partial charge is 0.308 e. The minimum atomic E-state index is -0.435. The number of hydrogen-bond donors (Lipinski definition) is 0. The lowest BCUT2D eigenvalue weighted by Crippen LogP contribution is -2.01. The Hall–Kier alpha value is -3.28. The van der Waals surface area contributed by atoms with Crippen molar-refractivity contribution in [3.8, 4) is 23.0 Å². The lowest BCUT2D eigenvalue weighted by Gasteiger charge is -2.03. The van der Waals surface area contributed by atoms with Crippen LogP contribution in [0.5, 0.6) is 23.0 Å². The zero-order valence-electron chi connectivity index (χ0n) is 12.7. The van der Waals surface area contributed by atoms with Crippen molar-refractivity contribution in [2.75, 3.05) is 6.79 Å². The fourth-order valence-electron chi connectivity index (χ4n) is 2.55. The minimum Gasteiger partial charge on any atom is -0.454 e. The first kappa shape index (κ1) is 14.3. The maximum Gasteiger partial charge on any atom is 0.308 e. The van der Waals surface area contributed by atoms with Gasteiger partial charge in [0.15, 0.2) is 17.3 Å². The molecule has 0 amide bonds. The average molecular weight is 324 g/mol. The normalized spacial score (nSPS) is 16.0. The van der Waals surface area contributed by atoms with Gasteiger partial charge in [-0.1, -0.05) is 6.07 Å². The van der Waals surface area contributed by atoms with Gasteiger partial charge in [-0.05, 0) is 35.9 Å². The summed E-state index contributed by atoms with van der Waals surface area (Å²) in [5.41, 5.74) is 1.19. The molecule has 6 nitrogen and oxygen atoms in total. The van der Waals surface area contributed by atoms with Crippen LogP contribution in [0.15, 0.2) is 42.2 Å². The van der Waals surface area contributed by atoms with Crippen LogP contribution in [0.2, 0.25) is 0 Å². The van der Waals surface area contributed by atoms with E-state index in [1.54, 1.807) is 30.3 Å². The van der Waals surface area contributed by atoms with Crippen LogP contribution in [-0.4, -0.2) is 18.5 Å². The molecule has 0 radical (unpaired) electrons. The number of fused-ring (bicyclic) bond motifs is 2. The van der Waals surface area contributed by atoms with Gasteiger partial charge < -0.3 is 18.9 Å². The average Bonchev–Trinajstić information content (AvgIpc) is 3.11. The Morgan fingerprint density at radius 3 is 2.75 bits per heavy atom. The molecule has 0 unspecified atom stereocenters. The van der Waals surface area contributed by atoms with E-state index in [2.05, 4.69) is 0 Å². The minimum absolute atomic E-state index is 0.190. The Morgan fingerprint density at radius 1 is 1.08 bits per heavy atom. The molecule has 120 valence electrons. The molecule has 0 saturated carbocycles. The molecule has 0 saturated heterocycles. The van der Waals surface area contributed by atoms with Gasteiger partial charge in [-0.15, -0.1) is 0 Å². The van der Waals surface area contributed by atoms with E-state index >= 15 is 0 Å². The first-order chi connectivity index (χ1) is 11.6. The van der Waals surface area contributed by atoms with E-state index in [4.69, 9.17) is 18.9 Å². The summed E-state index contributed by atoms with van der Waals surface area (Å²) in [6.07, 6.45) is 1.63. The van der Waals surface area contributed by atoms with Crippen LogP contribution in [0.3, 0.4) is 0 Å². The van der Waals surface area contributed by atoms with Gasteiger partial charge in [0.05, 0.1) is 5.56 Å². The molecule has 4 rings (SSSR count). The molecule has 0 aliphatic carbocycles. The molecule has 2 aliphatic heterocycles. The molecular weight excluding hydrogens is 312 g/mol. The van der Waals surface area contributed by atoms with Crippen LogP contribution >= 0.6 is 0 Å². The quantitative estimate of drug-likeness (QED) is 0.480. The number of Topliss-reactive ketones (excluding diaryl/α,β-unsaturated/α-hetero) is 1. The molecule has 2 heterocycles. The highest BCUT2D eigenvalue weighted by molar-refractivity contribution is 6.14. The van der Waals surface area contributed by atoms with E-state index in [0.717, 1.165) is 5.56 Å². The molecular formula is C18H12O6. The first-order valence-corrected chi connectivity index (χ1v) is 7.26. The van der Waals surface area contributed by atoms with E-state index in [1.165, 1.54) is 13.0 Å². The molecule has 2 aromatic carbocycles. The van der Waals surface area contributed by atoms with Crippen molar-refractivity contribution in [3.05, 3.63) is 53.3 Å². The SMILES string of the molecule is CC(=O)Oc1ccc2c(c1)O/C(=C\c1ccc3c(c1)OCO3)C2=O. The van der Waals surface area contributed by atoms with Crippen molar-refractivity contribution < 1.29 is 28.5 Å². The highest BCUT2D eigenvalue weighted by Crippen LogP contribution is 2.36. The molecule has 6 heteroatoms. The van der Waals surface area contributed by atoms with E-state index in [9.17, 15) is 9.59 Å². The highest BCUT2D eigenvalue weighted by Gasteiger charge is 2.28. The number of rotatable bonds is 2. The van der Waals surface area contributed by atoms with Gasteiger partial charge in [0.2, 0.25) is 12.6 Å². The zero-order chi connectivity index (χ0) is 16.7. The summed E-state index contributed by atoms with van der Waals surface area (Å²) in [5, 5.41) is 0. The molecule has 0 N–H and O–H groups in total. The second-order valence-corrected chi connectivity index (χ2v) is 5.30. The Labute approximate surface area is 137 Å². The summed E-state index contributed by atoms with van der Waals surface area (Å²) in [4.78, 5) is 23.4. The van der Waals surface area contributed by atoms with Gasteiger partial charge in [0.1, 0.15) is 11.5 Å². The monoisotopic (exact) mass is 324 g/mol. The number of hydrogen-bond acceptors (Lipinski definition) is 6. The molecule has 0 fully saturated rings. The van der Waals surface area contributed by atoms with Gasteiger partial charge in [0, 0.05) is 13.0 Å². The third-order valence-corrected chi connectivity index (χ3v) is 3.60. The number of benzene rings is 2. The lowest BCUT2D eigenvalue weighted by molar-refractivity contribution is -0.131. The van der Waals surface area contributed by atoms with Crippen LogP contribution in [-0.2, 0) is 4.79 Å². The van der Waals surface area contributed by atoms with E-state index in [0.29, 0.717) is 28.6 Å². The van der Waals surface area contributed by atoms with Crippen LogP contribution in [0.4, 0.5) is 0 Å². The topological polar surface area (TPSA) is 71.1 Å². The standard InChI is InChI=1S/C18H12O6/c1-10(19)23-12-3-4-13-15(8-12)24-17(18(13)20)7-11-2-5-14-16(6-11)22-9-21-14/h2-8H,9H2,1H3/b17-7-. The summed E-state index contributed by atoms with van der Waals surface area (Å²) in [6, 6.07) is 10.0. The van der Waals surface area contributed by atoms with Crippen molar-refractivity contribution in [2.24, 2.45) is 0 Å². The summed E-state index contributed by atoms with van der Waals surface area (Å²) in [5.74, 6) is 1.54. The van der Waals surface area contributed by atoms with Crippen LogP contribution < -0.4 is 18.9 Å². The molecule has 0 atom stereocenters. The van der Waals surface area contributed by atoms with Gasteiger partial charge in [-0.2, -0.15) is 0 Å². The van der Waals surface area contributed by atoms with Gasteiger partial charge >= 0.3 is 5.97 Å². The maximum absolute atomic E-state index is 12.4. The summed E-state index contributed by atoms with van der Waals surface area (Å²) < 4.78 is 21.2. The van der Waals surface area contributed by atoms with E-state index in [1.807, 2.05) is 6.07 Å². The third-order valence-electron chi connectivity index (χ3n) is 3.60. The maximum atomic E-state index is 12.4. The van der Waals surface area contributed by atoms with Crippen LogP contribution in [0.25, 0.3) is 6.08 Å². The molecule has 24 heavy (non-hydrogen) atoms. The third kappa shape index (κ3) is 2.48. The number of carbonyl (C=O) groups excluding carboxylic acids is 2. The second-order valence-electron chi connectivity index (χ2n) is 5.30. The summed E-state index contributed by atoms with van der Waals surface area (Å²) >= 11 is 0. The predicted molar refractivity (Wildman–Crippen MR) is 83.3 cm³/mol. The Balaban J connectivity index is 1.63. The number of carbonyl (C=O) groups is 2. The number of esters is 1. The van der Waals surface area contributed by atoms with Gasteiger partial charge in [-0.25, -0.2) is 0 Å². The molecule has 0 bridgehead atoms. The van der Waals surface area contributed by atoms with Crippen molar-refractivity contribution in [1.82, 2.24) is 0 Å². The predicted octanol–water partition coefficient (Wildman–Crippen LogP) is 2.96. The Kier molecular flexibility index (Phi) is 3.23. The Morgan fingerprint density at radius 2 is 1.92 bits per heavy atom. The molecule has 0 spiro atoms. The lowest BCUT2D eigenvalue weighted by atomic mass is 10.1. The zero-order valence-corrected chi connectivity index (χ0v) is 12.7. The van der Waals surface area contributed by atoms with Crippen LogP contribution in [0.1, 0.15) is 22.8 Å². The summed E-state index contributed by atoms with van der Waals surface area (Å²) in [6.45, 7) is 1.50. The number of allylic oxidation sites excluding steroid dienone is 1. The largest absolute Gasteiger partial charge is 0.454 e. The Bertz CT molecular complexity index is 896. The van der Waals surface area contributed by atoms with Crippen molar-refractivity contribution in [3.63, 3.8) is 0 Å². The molecule has 2 aliphatic rings. The van der Waals surface area contributed by atoms with Gasteiger partial charge in [-0.3, -0.25) is 9.59 Å². The second kappa shape index (κ2) is 5.42. The van der Waals surface area contributed by atoms with E-state index in [-0.39, 0.29) is 18.3 Å². The van der Waals surface area contributed by atoms with Crippen molar-refractivity contribution >= 4 is 17.8 Å². The number of ketones is 1. The fourth-order valence-corrected chi connectivity index (χ4v) is 2.55. The van der Waals surface area contributed by atoms with Crippen molar-refractivity contribution in [1.29, 1.82) is 0 Å². The fraction of sp³-hybridized carbons (Fsp3) is 0.111. The number of ether oxygens (including phenoxy) is 4. The van der Waals surface area contributed by atoms with E-state index < -0.39 is 5.97 Å². The molecule has 2 aromatic rings. The summed E-state index contributed by atoms with van der Waals surface area (Å²) in [7, 11) is 0.